The highest BCUT2D eigenvalue weighted by Crippen LogP contribution is 2.34. The van der Waals surface area contributed by atoms with Gasteiger partial charge in [-0.15, -0.1) is 0 Å². The van der Waals surface area contributed by atoms with Gasteiger partial charge in [-0.25, -0.2) is 0 Å². The summed E-state index contributed by atoms with van der Waals surface area (Å²) in [4.78, 5) is 13.3. The van der Waals surface area contributed by atoms with E-state index in [1.807, 2.05) is 0 Å². The van der Waals surface area contributed by atoms with Crippen LogP contribution in [-0.2, 0) is 4.79 Å². The first kappa shape index (κ1) is 13.8. The Morgan fingerprint density at radius 2 is 2.00 bits per heavy atom. The van der Waals surface area contributed by atoms with Crippen LogP contribution in [0.4, 0.5) is 0 Å². The second kappa shape index (κ2) is 5.57. The van der Waals surface area contributed by atoms with Crippen LogP contribution in [-0.4, -0.2) is 46.3 Å². The van der Waals surface area contributed by atoms with Crippen LogP contribution >= 0.6 is 0 Å². The topological polar surface area (TPSA) is 60.8 Å². The Hall–Kier alpha value is -0.610. The first-order chi connectivity index (χ1) is 8.52. The minimum absolute atomic E-state index is 0.243. The van der Waals surface area contributed by atoms with Crippen molar-refractivity contribution in [2.24, 2.45) is 11.8 Å². The number of aliphatic hydroxyl groups is 1. The van der Waals surface area contributed by atoms with E-state index in [9.17, 15) is 9.90 Å². The van der Waals surface area contributed by atoms with E-state index in [1.54, 1.807) is 0 Å². The van der Waals surface area contributed by atoms with Crippen molar-refractivity contribution >= 4 is 5.97 Å². The lowest BCUT2D eigenvalue weighted by molar-refractivity contribution is -0.145. The van der Waals surface area contributed by atoms with E-state index in [-0.39, 0.29) is 5.92 Å². The minimum Gasteiger partial charge on any atom is -0.481 e. The van der Waals surface area contributed by atoms with Crippen molar-refractivity contribution in [3.8, 4) is 0 Å². The number of carboxylic acid groups (broad SMARTS) is 1. The van der Waals surface area contributed by atoms with Crippen LogP contribution in [0.3, 0.4) is 0 Å². The number of carbonyl (C=O) groups is 1. The van der Waals surface area contributed by atoms with Crippen molar-refractivity contribution in [1.82, 2.24) is 4.90 Å². The first-order valence-electron chi connectivity index (χ1n) is 7.20. The summed E-state index contributed by atoms with van der Waals surface area (Å²) in [6.07, 6.45) is 4.97. The zero-order valence-corrected chi connectivity index (χ0v) is 11.3. The van der Waals surface area contributed by atoms with Crippen LogP contribution in [0.1, 0.15) is 45.4 Å². The van der Waals surface area contributed by atoms with E-state index in [4.69, 9.17) is 5.11 Å². The van der Waals surface area contributed by atoms with Crippen molar-refractivity contribution in [2.75, 3.05) is 19.6 Å². The van der Waals surface area contributed by atoms with Gasteiger partial charge < -0.3 is 15.1 Å². The third-order valence-corrected chi connectivity index (χ3v) is 4.73. The Morgan fingerprint density at radius 3 is 2.50 bits per heavy atom. The maximum Gasteiger partial charge on any atom is 0.306 e. The molecule has 1 atom stereocenters. The molecule has 0 bridgehead atoms. The molecule has 0 aromatic rings. The SMILES string of the molecule is CCC1CCN(CC2(O)CCC(C(=O)O)CC2)C1. The standard InChI is InChI=1S/C14H25NO3/c1-2-11-5-8-15(9-11)10-14(18)6-3-12(4-7-14)13(16)17/h11-12,18H,2-10H2,1H3,(H,16,17). The third kappa shape index (κ3) is 3.23. The van der Waals surface area contributed by atoms with Crippen molar-refractivity contribution in [2.45, 2.75) is 51.0 Å². The summed E-state index contributed by atoms with van der Waals surface area (Å²) in [5, 5.41) is 19.5. The first-order valence-corrected chi connectivity index (χ1v) is 7.20. The molecule has 0 aromatic heterocycles. The molecule has 1 saturated heterocycles. The molecule has 1 saturated carbocycles. The van der Waals surface area contributed by atoms with E-state index in [0.29, 0.717) is 25.7 Å². The van der Waals surface area contributed by atoms with Crippen LogP contribution < -0.4 is 0 Å². The maximum atomic E-state index is 10.9. The molecule has 1 heterocycles. The van der Waals surface area contributed by atoms with Gasteiger partial charge in [0.25, 0.3) is 0 Å². The lowest BCUT2D eigenvalue weighted by Gasteiger charge is -2.37. The highest BCUT2D eigenvalue weighted by molar-refractivity contribution is 5.70. The molecule has 4 heteroatoms. The fourth-order valence-electron chi connectivity index (χ4n) is 3.37. The van der Waals surface area contributed by atoms with Crippen LogP contribution in [0, 0.1) is 11.8 Å². The Bertz CT molecular complexity index is 297. The molecule has 1 unspecified atom stereocenters. The van der Waals surface area contributed by atoms with E-state index in [1.165, 1.54) is 12.8 Å². The predicted molar refractivity (Wildman–Crippen MR) is 69.4 cm³/mol. The third-order valence-electron chi connectivity index (χ3n) is 4.73. The fraction of sp³-hybridized carbons (Fsp3) is 0.929. The minimum atomic E-state index is -0.704. The quantitative estimate of drug-likeness (QED) is 0.803. The molecule has 0 radical (unpaired) electrons. The molecule has 1 aliphatic heterocycles. The summed E-state index contributed by atoms with van der Waals surface area (Å²) in [5.74, 6) is -0.166. The van der Waals surface area contributed by atoms with Crippen LogP contribution in [0.5, 0.6) is 0 Å². The molecule has 2 aliphatic rings. The van der Waals surface area contributed by atoms with E-state index < -0.39 is 11.6 Å². The average molecular weight is 255 g/mol. The smallest absolute Gasteiger partial charge is 0.306 e. The Labute approximate surface area is 109 Å². The number of rotatable bonds is 4. The van der Waals surface area contributed by atoms with E-state index in [2.05, 4.69) is 11.8 Å². The highest BCUT2D eigenvalue weighted by Gasteiger charge is 2.38. The van der Waals surface area contributed by atoms with Crippen molar-refractivity contribution in [3.63, 3.8) is 0 Å². The van der Waals surface area contributed by atoms with Crippen LogP contribution in [0.2, 0.25) is 0 Å². The molecular formula is C14H25NO3. The van der Waals surface area contributed by atoms with Gasteiger partial charge in [0.15, 0.2) is 0 Å². The second-order valence-corrected chi connectivity index (χ2v) is 6.13. The highest BCUT2D eigenvalue weighted by atomic mass is 16.4. The van der Waals surface area contributed by atoms with Gasteiger partial charge in [0.2, 0.25) is 0 Å². The number of aliphatic carboxylic acids is 1. The van der Waals surface area contributed by atoms with Crippen molar-refractivity contribution in [1.29, 1.82) is 0 Å². The maximum absolute atomic E-state index is 10.9. The molecule has 18 heavy (non-hydrogen) atoms. The molecule has 104 valence electrons. The van der Waals surface area contributed by atoms with Gasteiger partial charge in [0.05, 0.1) is 11.5 Å². The molecule has 4 nitrogen and oxygen atoms in total. The Balaban J connectivity index is 1.81. The molecule has 0 spiro atoms. The normalized spacial score (nSPS) is 37.9. The number of hydrogen-bond donors (Lipinski definition) is 2. The Morgan fingerprint density at radius 1 is 1.33 bits per heavy atom. The molecular weight excluding hydrogens is 230 g/mol. The van der Waals surface area contributed by atoms with Gasteiger partial charge >= 0.3 is 5.97 Å². The summed E-state index contributed by atoms with van der Waals surface area (Å²) < 4.78 is 0. The lowest BCUT2D eigenvalue weighted by atomic mass is 9.78. The fourth-order valence-corrected chi connectivity index (χ4v) is 3.37. The van der Waals surface area contributed by atoms with Gasteiger partial charge in [-0.1, -0.05) is 13.3 Å². The van der Waals surface area contributed by atoms with Gasteiger partial charge in [-0.3, -0.25) is 4.79 Å². The number of likely N-dealkylation sites (tertiary alicyclic amines) is 1. The Kier molecular flexibility index (Phi) is 4.28. The average Bonchev–Trinajstić information content (AvgIpc) is 2.76. The molecule has 2 rings (SSSR count). The van der Waals surface area contributed by atoms with Gasteiger partial charge in [-0.2, -0.15) is 0 Å². The summed E-state index contributed by atoms with van der Waals surface area (Å²) in [5.41, 5.74) is -0.644. The molecule has 2 N–H and O–H groups in total. The van der Waals surface area contributed by atoms with Crippen molar-refractivity contribution in [3.05, 3.63) is 0 Å². The summed E-state index contributed by atoms with van der Waals surface area (Å²) in [7, 11) is 0. The zero-order valence-electron chi connectivity index (χ0n) is 11.3. The molecule has 0 aromatic carbocycles. The number of β-amino-alcohol motifs (C(OH)–C–C–N with tert-alkyl or cyclic N) is 1. The number of carboxylic acids is 1. The molecule has 2 fully saturated rings. The number of hydrogen-bond acceptors (Lipinski definition) is 3. The summed E-state index contributed by atoms with van der Waals surface area (Å²) >= 11 is 0. The second-order valence-electron chi connectivity index (χ2n) is 6.13. The largest absolute Gasteiger partial charge is 0.481 e. The summed E-state index contributed by atoms with van der Waals surface area (Å²) in [6, 6.07) is 0. The predicted octanol–water partition coefficient (Wildman–Crippen LogP) is 1.72. The monoisotopic (exact) mass is 255 g/mol. The van der Waals surface area contributed by atoms with Crippen LogP contribution in [0.15, 0.2) is 0 Å². The van der Waals surface area contributed by atoms with Gasteiger partial charge in [0.1, 0.15) is 0 Å². The van der Waals surface area contributed by atoms with Gasteiger partial charge in [-0.05, 0) is 44.6 Å². The zero-order chi connectivity index (χ0) is 13.2. The summed E-state index contributed by atoms with van der Waals surface area (Å²) in [6.45, 7) is 5.14. The van der Waals surface area contributed by atoms with E-state index in [0.717, 1.165) is 25.6 Å². The molecule has 1 aliphatic carbocycles. The number of nitrogens with zero attached hydrogens (tertiary/aromatic N) is 1. The lowest BCUT2D eigenvalue weighted by Crippen LogP contribution is -2.45. The van der Waals surface area contributed by atoms with Crippen molar-refractivity contribution < 1.29 is 15.0 Å². The van der Waals surface area contributed by atoms with Crippen LogP contribution in [0.25, 0.3) is 0 Å². The van der Waals surface area contributed by atoms with Gasteiger partial charge in [0, 0.05) is 13.1 Å². The molecule has 0 amide bonds. The van der Waals surface area contributed by atoms with E-state index >= 15 is 0 Å².